The number of rotatable bonds is 14. The van der Waals surface area contributed by atoms with Crippen molar-refractivity contribution in [1.29, 1.82) is 0 Å². The van der Waals surface area contributed by atoms with Crippen LogP contribution in [0.15, 0.2) is 0 Å². The van der Waals surface area contributed by atoms with Crippen LogP contribution < -0.4 is 10.6 Å². The van der Waals surface area contributed by atoms with Crippen LogP contribution in [0.1, 0.15) is 20.8 Å². The summed E-state index contributed by atoms with van der Waals surface area (Å²) in [6, 6.07) is -3.23. The molecule has 16 N–H and O–H groups in total. The van der Waals surface area contributed by atoms with Crippen LogP contribution in [0.3, 0.4) is 0 Å². The molecule has 0 aromatic carbocycles. The van der Waals surface area contributed by atoms with Crippen molar-refractivity contribution in [1.82, 2.24) is 10.6 Å². The van der Waals surface area contributed by atoms with Crippen molar-refractivity contribution in [2.75, 3.05) is 26.4 Å². The second-order valence-corrected chi connectivity index (χ2v) is 15.5. The Kier molecular flexibility index (Phi) is 17.5. The Morgan fingerprint density at radius 1 is 0.459 bits per heavy atom. The molecular weight excluding hydrogens is 836 g/mol. The number of aliphatic hydroxyl groups excluding tert-OH is 14. The molecular formula is C34H58N2O25. The van der Waals surface area contributed by atoms with Gasteiger partial charge in [0.25, 0.3) is 0 Å². The minimum atomic E-state index is -2.05. The van der Waals surface area contributed by atoms with Gasteiger partial charge in [0.2, 0.25) is 11.8 Å². The number of amides is 2. The van der Waals surface area contributed by atoms with Crippen molar-refractivity contribution in [2.45, 2.75) is 174 Å². The van der Waals surface area contributed by atoms with Gasteiger partial charge in [0.05, 0.1) is 32.5 Å². The van der Waals surface area contributed by atoms with Crippen LogP contribution in [0.25, 0.3) is 0 Å². The first-order chi connectivity index (χ1) is 28.7. The summed E-state index contributed by atoms with van der Waals surface area (Å²) in [6.07, 6.45) is -39.7. The molecule has 0 radical (unpaired) electrons. The van der Waals surface area contributed by atoms with E-state index >= 15 is 0 Å². The second-order valence-electron chi connectivity index (χ2n) is 15.5. The summed E-state index contributed by atoms with van der Waals surface area (Å²) in [7, 11) is 0. The van der Waals surface area contributed by atoms with Crippen LogP contribution in [0, 0.1) is 0 Å². The Labute approximate surface area is 346 Å². The van der Waals surface area contributed by atoms with E-state index in [4.69, 9.17) is 42.6 Å². The molecule has 5 saturated heterocycles. The van der Waals surface area contributed by atoms with Gasteiger partial charge in [0.1, 0.15) is 116 Å². The van der Waals surface area contributed by atoms with Gasteiger partial charge in [0.15, 0.2) is 31.5 Å². The van der Waals surface area contributed by atoms with Gasteiger partial charge in [-0.25, -0.2) is 0 Å². The highest BCUT2D eigenvalue weighted by molar-refractivity contribution is 5.73. The van der Waals surface area contributed by atoms with Gasteiger partial charge in [-0.15, -0.1) is 0 Å². The van der Waals surface area contributed by atoms with E-state index in [9.17, 15) is 81.1 Å². The van der Waals surface area contributed by atoms with Crippen molar-refractivity contribution >= 4 is 11.8 Å². The van der Waals surface area contributed by atoms with E-state index in [1.54, 1.807) is 0 Å². The molecule has 61 heavy (non-hydrogen) atoms. The zero-order valence-electron chi connectivity index (χ0n) is 33.0. The maximum Gasteiger partial charge on any atom is 0.217 e. The average Bonchev–Trinajstić information content (AvgIpc) is 3.21. The number of hydrogen-bond donors (Lipinski definition) is 16. The predicted octanol–water partition coefficient (Wildman–Crippen LogP) is -10.6. The molecule has 27 nitrogen and oxygen atoms in total. The quantitative estimate of drug-likeness (QED) is 0.0770. The lowest BCUT2D eigenvalue weighted by molar-refractivity contribution is -0.367. The maximum absolute atomic E-state index is 12.5. The number of hydrogen-bond acceptors (Lipinski definition) is 25. The summed E-state index contributed by atoms with van der Waals surface area (Å²) in [4.78, 5) is 24.5. The molecule has 27 heteroatoms. The molecule has 25 atom stereocenters. The van der Waals surface area contributed by atoms with E-state index in [1.165, 1.54) is 6.92 Å². The number of ether oxygens (including phenoxy) is 9. The third kappa shape index (κ3) is 11.1. The summed E-state index contributed by atoms with van der Waals surface area (Å²) in [5.41, 5.74) is 0. The monoisotopic (exact) mass is 894 g/mol. The van der Waals surface area contributed by atoms with Crippen molar-refractivity contribution in [3.05, 3.63) is 0 Å². The van der Waals surface area contributed by atoms with Gasteiger partial charge in [0, 0.05) is 13.8 Å². The van der Waals surface area contributed by atoms with E-state index in [-0.39, 0.29) is 0 Å². The molecule has 0 aliphatic carbocycles. The summed E-state index contributed by atoms with van der Waals surface area (Å²) < 4.78 is 50.8. The number of aliphatic hydroxyl groups is 14. The van der Waals surface area contributed by atoms with Crippen molar-refractivity contribution in [2.24, 2.45) is 0 Å². The first-order valence-corrected chi connectivity index (χ1v) is 19.4. The van der Waals surface area contributed by atoms with Gasteiger partial charge in [-0.05, 0) is 6.92 Å². The zero-order valence-corrected chi connectivity index (χ0v) is 33.0. The molecule has 0 unspecified atom stereocenters. The van der Waals surface area contributed by atoms with Crippen LogP contribution in [-0.2, 0) is 52.2 Å². The van der Waals surface area contributed by atoms with Crippen LogP contribution in [-0.4, -0.2) is 263 Å². The Morgan fingerprint density at radius 3 is 1.46 bits per heavy atom. The highest BCUT2D eigenvalue weighted by Crippen LogP contribution is 2.34. The van der Waals surface area contributed by atoms with Gasteiger partial charge in [-0.3, -0.25) is 9.59 Å². The fourth-order valence-corrected chi connectivity index (χ4v) is 7.58. The largest absolute Gasteiger partial charge is 0.394 e. The Hall–Kier alpha value is -1.98. The molecule has 0 spiro atoms. The number of nitrogens with one attached hydrogen (secondary N) is 2. The molecule has 5 heterocycles. The Bertz CT molecular complexity index is 1420. The summed E-state index contributed by atoms with van der Waals surface area (Å²) in [5.74, 6) is -1.50. The van der Waals surface area contributed by atoms with Gasteiger partial charge in [-0.1, -0.05) is 0 Å². The second kappa shape index (κ2) is 21.3. The highest BCUT2D eigenvalue weighted by Gasteiger charge is 2.55. The van der Waals surface area contributed by atoms with E-state index < -0.39 is 192 Å². The molecule has 5 aliphatic rings. The van der Waals surface area contributed by atoms with Crippen LogP contribution >= 0.6 is 0 Å². The highest BCUT2D eigenvalue weighted by atomic mass is 16.8. The molecule has 5 aliphatic heterocycles. The molecule has 354 valence electrons. The van der Waals surface area contributed by atoms with Crippen LogP contribution in [0.2, 0.25) is 0 Å². The van der Waals surface area contributed by atoms with Crippen molar-refractivity contribution in [3.8, 4) is 0 Å². The fraction of sp³-hybridized carbons (Fsp3) is 0.941. The molecule has 0 aromatic heterocycles. The van der Waals surface area contributed by atoms with Crippen molar-refractivity contribution in [3.63, 3.8) is 0 Å². The summed E-state index contributed by atoms with van der Waals surface area (Å²) in [6.45, 7) is 0.353. The van der Waals surface area contributed by atoms with Gasteiger partial charge >= 0.3 is 0 Å². The minimum absolute atomic E-state index is 0.676. The summed E-state index contributed by atoms with van der Waals surface area (Å²) in [5, 5.41) is 152. The molecule has 2 amide bonds. The number of carbonyl (C=O) groups is 2. The lowest BCUT2D eigenvalue weighted by Gasteiger charge is -2.49. The zero-order chi connectivity index (χ0) is 45.2. The standard InChI is InChI=1S/C34H58N2O25/c1-8-17(41)22(46)25(49)32(55-8)54-7-14-29(20(44)15(30(52)56-14)35-9(2)39)60-31-16(36-10(3)40)21(45)28(12(5-38)58-31)61-34-27(51)24(48)19(43)13(59-34)6-53-33-26(50)23(47)18(42)11(4-37)57-33/h8,11-34,37-38,41-52H,4-7H2,1-3H3,(H,35,39)(H,36,40)/t8-,11+,12+,13+,14+,15+,16+,17+,18+,19+,20+,21+,22+,23-,24-,25-,26-,27-,28+,29+,30+,31-,32+,33+,34-/m0/s1. The minimum Gasteiger partial charge on any atom is -0.394 e. The lowest BCUT2D eigenvalue weighted by atomic mass is 9.94. The third-order valence-corrected chi connectivity index (χ3v) is 11.0. The molecule has 0 bridgehead atoms. The first kappa shape index (κ1) is 50.0. The molecule has 5 rings (SSSR count). The predicted molar refractivity (Wildman–Crippen MR) is 188 cm³/mol. The molecule has 0 saturated carbocycles. The van der Waals surface area contributed by atoms with E-state index in [1.807, 2.05) is 0 Å². The number of carbonyl (C=O) groups excluding carboxylic acids is 2. The van der Waals surface area contributed by atoms with Crippen molar-refractivity contribution < 1.29 is 124 Å². The maximum atomic E-state index is 12.5. The van der Waals surface area contributed by atoms with Crippen LogP contribution in [0.5, 0.6) is 0 Å². The fourth-order valence-electron chi connectivity index (χ4n) is 7.58. The van der Waals surface area contributed by atoms with E-state index in [0.29, 0.717) is 0 Å². The van der Waals surface area contributed by atoms with Gasteiger partial charge in [-0.2, -0.15) is 0 Å². The molecule has 0 aromatic rings. The van der Waals surface area contributed by atoms with Gasteiger partial charge < -0.3 is 125 Å². The van der Waals surface area contributed by atoms with Crippen LogP contribution in [0.4, 0.5) is 0 Å². The average molecular weight is 895 g/mol. The Morgan fingerprint density at radius 2 is 0.885 bits per heavy atom. The first-order valence-electron chi connectivity index (χ1n) is 19.4. The van der Waals surface area contributed by atoms with E-state index in [2.05, 4.69) is 10.6 Å². The molecule has 5 fully saturated rings. The normalized spacial score (nSPS) is 49.6. The third-order valence-electron chi connectivity index (χ3n) is 11.0. The Balaban J connectivity index is 1.33. The van der Waals surface area contributed by atoms with E-state index in [0.717, 1.165) is 13.8 Å². The SMILES string of the molecule is CC(=O)N[C@@H]1[C@@H](O)[C@H](O[C@@H]2O[C@H](CO)[C@@H](O[C@@H]3O[C@H](CO[C@@H]4O[C@H](CO)[C@@H](O)[C@H](O)[C@@H]4O)[C@@H](O)[C@H](O)[C@@H]3O)[C@H](O)[C@H]2NC(C)=O)[C@@H](CO[C@@H]2O[C@@H](C)[C@@H](O)[C@@H](O)[C@@H]2O)O[C@H]1O. The summed E-state index contributed by atoms with van der Waals surface area (Å²) >= 11 is 0. The topological polar surface area (TPSA) is 424 Å². The lowest BCUT2D eigenvalue weighted by Crippen LogP contribution is -2.70. The smallest absolute Gasteiger partial charge is 0.217 e.